The number of carbonyl (C=O) groups excluding carboxylic acids is 1. The van der Waals surface area contributed by atoms with Crippen LogP contribution in [0.1, 0.15) is 74.2 Å². The average molecular weight is 493 g/mol. The number of hydrogen-bond donors (Lipinski definition) is 2. The molecule has 35 heavy (non-hydrogen) atoms. The van der Waals surface area contributed by atoms with Crippen molar-refractivity contribution in [1.29, 1.82) is 0 Å². The Kier molecular flexibility index (Phi) is 6.13. The van der Waals surface area contributed by atoms with Gasteiger partial charge in [-0.15, -0.1) is 11.3 Å². The van der Waals surface area contributed by atoms with Crippen molar-refractivity contribution in [2.24, 2.45) is 0 Å². The highest BCUT2D eigenvalue weighted by molar-refractivity contribution is 7.13. The van der Waals surface area contributed by atoms with Crippen molar-refractivity contribution in [2.75, 3.05) is 28.7 Å². The molecule has 1 unspecified atom stereocenters. The van der Waals surface area contributed by atoms with E-state index in [2.05, 4.69) is 31.5 Å². The Hall–Kier alpha value is -3.01. The van der Waals surface area contributed by atoms with Crippen LogP contribution in [0.25, 0.3) is 0 Å². The topological polar surface area (TPSA) is 103 Å². The highest BCUT2D eigenvalue weighted by atomic mass is 32.1. The van der Waals surface area contributed by atoms with Crippen LogP contribution in [0.4, 0.5) is 22.7 Å². The quantitative estimate of drug-likeness (QED) is 0.520. The molecule has 0 radical (unpaired) electrons. The summed E-state index contributed by atoms with van der Waals surface area (Å²) in [5, 5.41) is 13.9. The number of H-pyrrole nitrogens is 1. The summed E-state index contributed by atoms with van der Waals surface area (Å²) in [6.45, 7) is 0.772. The van der Waals surface area contributed by atoms with Crippen molar-refractivity contribution >= 4 is 40.0 Å². The van der Waals surface area contributed by atoms with Crippen LogP contribution in [-0.4, -0.2) is 50.7 Å². The maximum atomic E-state index is 13.4. The first-order chi connectivity index (χ1) is 17.2. The zero-order valence-electron chi connectivity index (χ0n) is 20.2. The Balaban J connectivity index is 1.26. The average Bonchev–Trinajstić information content (AvgIpc) is 3.69. The van der Waals surface area contributed by atoms with Crippen LogP contribution < -0.4 is 15.1 Å². The molecule has 4 heterocycles. The number of nitrogens with one attached hydrogen (secondary N) is 2. The normalized spacial score (nSPS) is 20.3. The minimum atomic E-state index is -0.278. The molecule has 9 nitrogen and oxygen atoms in total. The van der Waals surface area contributed by atoms with Gasteiger partial charge in [-0.1, -0.05) is 19.3 Å². The van der Waals surface area contributed by atoms with E-state index in [0.29, 0.717) is 17.0 Å². The molecule has 1 saturated carbocycles. The molecule has 1 atom stereocenters. The first-order valence-electron chi connectivity index (χ1n) is 12.8. The van der Waals surface area contributed by atoms with Gasteiger partial charge in [0.05, 0.1) is 5.69 Å². The van der Waals surface area contributed by atoms with E-state index in [0.717, 1.165) is 56.0 Å². The third kappa shape index (κ3) is 4.39. The lowest BCUT2D eigenvalue weighted by atomic mass is 9.87. The summed E-state index contributed by atoms with van der Waals surface area (Å²) < 4.78 is 0. The summed E-state index contributed by atoms with van der Waals surface area (Å²) in [4.78, 5) is 31.3. The van der Waals surface area contributed by atoms with E-state index < -0.39 is 0 Å². The van der Waals surface area contributed by atoms with Crippen molar-refractivity contribution in [3.05, 3.63) is 34.6 Å². The number of amides is 1. The van der Waals surface area contributed by atoms with Gasteiger partial charge in [0.1, 0.15) is 11.9 Å². The molecule has 0 spiro atoms. The van der Waals surface area contributed by atoms with E-state index in [-0.39, 0.29) is 11.9 Å². The van der Waals surface area contributed by atoms with Crippen LogP contribution in [0.2, 0.25) is 0 Å². The zero-order chi connectivity index (χ0) is 23.8. The number of carbonyl (C=O) groups is 1. The van der Waals surface area contributed by atoms with E-state index in [4.69, 9.17) is 9.97 Å². The first kappa shape index (κ1) is 22.5. The Morgan fingerprint density at radius 1 is 1.14 bits per heavy atom. The third-order valence-electron chi connectivity index (χ3n) is 7.64. The molecule has 184 valence electrons. The molecule has 1 amide bonds. The van der Waals surface area contributed by atoms with Gasteiger partial charge in [-0.05, 0) is 44.9 Å². The fourth-order valence-corrected chi connectivity index (χ4v) is 6.37. The summed E-state index contributed by atoms with van der Waals surface area (Å²) in [6.07, 6.45) is 12.8. The number of aromatic nitrogens is 5. The monoisotopic (exact) mass is 492 g/mol. The predicted molar refractivity (Wildman–Crippen MR) is 138 cm³/mol. The second kappa shape index (κ2) is 9.56. The summed E-state index contributed by atoms with van der Waals surface area (Å²) in [6, 6.07) is 1.86. The number of nitrogens with zero attached hydrogens (tertiary/aromatic N) is 6. The van der Waals surface area contributed by atoms with Crippen molar-refractivity contribution in [3.8, 4) is 0 Å². The molecule has 2 fully saturated rings. The molecule has 2 aliphatic carbocycles. The molecule has 1 saturated heterocycles. The molecular formula is C25H32N8OS. The summed E-state index contributed by atoms with van der Waals surface area (Å²) in [5.74, 6) is 2.89. The van der Waals surface area contributed by atoms with Gasteiger partial charge >= 0.3 is 0 Å². The van der Waals surface area contributed by atoms with Gasteiger partial charge in [-0.3, -0.25) is 14.8 Å². The first-order valence-corrected chi connectivity index (χ1v) is 13.7. The highest BCUT2D eigenvalue weighted by Gasteiger charge is 2.36. The summed E-state index contributed by atoms with van der Waals surface area (Å²) >= 11 is 1.47. The van der Waals surface area contributed by atoms with E-state index in [1.165, 1.54) is 54.7 Å². The van der Waals surface area contributed by atoms with E-state index >= 15 is 0 Å². The standard InChI is InChI=1S/C25H32N8OS/c1-32(25-26-12-14-35-25)23(34)20-11-6-13-33(20)24-27-18-10-5-9-17(18)22(29-24)28-21-15-19(30-31-21)16-7-3-2-4-8-16/h12,14-16,20H,2-11,13H2,1H3,(H2,27,28,29,30,31). The maximum Gasteiger partial charge on any atom is 0.251 e. The minimum absolute atomic E-state index is 0.0421. The van der Waals surface area contributed by atoms with Crippen LogP contribution in [0, 0.1) is 0 Å². The Labute approximate surface area is 209 Å². The van der Waals surface area contributed by atoms with Gasteiger partial charge in [0.15, 0.2) is 10.9 Å². The fraction of sp³-hybridized carbons (Fsp3) is 0.560. The molecule has 3 aromatic rings. The molecule has 6 rings (SSSR count). The Morgan fingerprint density at radius 2 is 2.03 bits per heavy atom. The minimum Gasteiger partial charge on any atom is -0.329 e. The number of aromatic amines is 1. The van der Waals surface area contributed by atoms with E-state index in [1.807, 2.05) is 5.38 Å². The molecule has 3 aromatic heterocycles. The largest absolute Gasteiger partial charge is 0.329 e. The second-order valence-electron chi connectivity index (χ2n) is 9.88. The molecule has 3 aliphatic rings. The lowest BCUT2D eigenvalue weighted by molar-refractivity contribution is -0.119. The van der Waals surface area contributed by atoms with Gasteiger partial charge in [-0.2, -0.15) is 10.1 Å². The van der Waals surface area contributed by atoms with Crippen LogP contribution in [-0.2, 0) is 17.6 Å². The van der Waals surface area contributed by atoms with Gasteiger partial charge in [0, 0.05) is 48.4 Å². The summed E-state index contributed by atoms with van der Waals surface area (Å²) in [7, 11) is 1.80. The Morgan fingerprint density at radius 3 is 2.86 bits per heavy atom. The number of fused-ring (bicyclic) bond motifs is 1. The molecular weight excluding hydrogens is 460 g/mol. The zero-order valence-corrected chi connectivity index (χ0v) is 21.0. The van der Waals surface area contributed by atoms with Gasteiger partial charge in [-0.25, -0.2) is 9.97 Å². The van der Waals surface area contributed by atoms with Crippen molar-refractivity contribution in [3.63, 3.8) is 0 Å². The predicted octanol–water partition coefficient (Wildman–Crippen LogP) is 4.57. The van der Waals surface area contributed by atoms with Gasteiger partial charge in [0.25, 0.3) is 5.91 Å². The number of rotatable bonds is 6. The highest BCUT2D eigenvalue weighted by Crippen LogP contribution is 2.35. The Bertz CT molecular complexity index is 1190. The summed E-state index contributed by atoms with van der Waals surface area (Å²) in [5.41, 5.74) is 3.48. The molecule has 0 aromatic carbocycles. The van der Waals surface area contributed by atoms with Crippen LogP contribution >= 0.6 is 11.3 Å². The molecule has 2 N–H and O–H groups in total. The molecule has 10 heteroatoms. The third-order valence-corrected chi connectivity index (χ3v) is 8.49. The number of thiazole rings is 1. The van der Waals surface area contributed by atoms with Crippen LogP contribution in [0.3, 0.4) is 0 Å². The van der Waals surface area contributed by atoms with Crippen LogP contribution in [0.5, 0.6) is 0 Å². The van der Waals surface area contributed by atoms with E-state index in [1.54, 1.807) is 18.1 Å². The fourth-order valence-electron chi connectivity index (χ4n) is 5.76. The van der Waals surface area contributed by atoms with Crippen molar-refractivity contribution < 1.29 is 4.79 Å². The maximum absolute atomic E-state index is 13.4. The lowest BCUT2D eigenvalue weighted by Crippen LogP contribution is -2.45. The lowest BCUT2D eigenvalue weighted by Gasteiger charge is -2.27. The van der Waals surface area contributed by atoms with Crippen LogP contribution in [0.15, 0.2) is 17.6 Å². The smallest absolute Gasteiger partial charge is 0.251 e. The number of hydrogen-bond acceptors (Lipinski definition) is 8. The number of likely N-dealkylation sites (N-methyl/N-ethyl adjacent to an activating group) is 1. The van der Waals surface area contributed by atoms with Crippen molar-refractivity contribution in [1.82, 2.24) is 25.1 Å². The number of aryl methyl sites for hydroxylation is 1. The van der Waals surface area contributed by atoms with Gasteiger partial charge < -0.3 is 10.2 Å². The second-order valence-corrected chi connectivity index (χ2v) is 10.8. The van der Waals surface area contributed by atoms with Crippen molar-refractivity contribution in [2.45, 2.75) is 76.2 Å². The van der Waals surface area contributed by atoms with E-state index in [9.17, 15) is 4.79 Å². The molecule has 1 aliphatic heterocycles. The molecule has 0 bridgehead atoms. The van der Waals surface area contributed by atoms with Gasteiger partial charge in [0.2, 0.25) is 5.95 Å². The number of anilines is 4. The SMILES string of the molecule is CN(C(=O)C1CCCN1c1nc2c(c(Nc3cc(C4CCCCC4)[nH]n3)n1)CCC2)c1nccs1.